The highest BCUT2D eigenvalue weighted by atomic mass is 15.2. The van der Waals surface area contributed by atoms with Crippen LogP contribution in [0.4, 0.5) is 0 Å². The van der Waals surface area contributed by atoms with E-state index in [2.05, 4.69) is 179 Å². The Hall–Kier alpha value is -6.78. The third-order valence-corrected chi connectivity index (χ3v) is 10.3. The Bertz CT molecular complexity index is 3040. The van der Waals surface area contributed by atoms with Crippen molar-refractivity contribution in [3.8, 4) is 22.9 Å². The van der Waals surface area contributed by atoms with Crippen molar-refractivity contribution in [2.75, 3.05) is 0 Å². The number of benzene rings is 8. The number of fused-ring (bicyclic) bond motifs is 11. The molecule has 3 heterocycles. The summed E-state index contributed by atoms with van der Waals surface area (Å²) in [5.41, 5.74) is 8.21. The number of hydrogen-bond donors (Lipinski definition) is 0. The number of rotatable bonds is 3. The summed E-state index contributed by atoms with van der Waals surface area (Å²) in [6.45, 7) is 0. The van der Waals surface area contributed by atoms with Crippen LogP contribution in [-0.4, -0.2) is 19.1 Å². The van der Waals surface area contributed by atoms with E-state index < -0.39 is 0 Å². The third-order valence-electron chi connectivity index (χ3n) is 10.3. The molecule has 0 spiro atoms. The van der Waals surface area contributed by atoms with Crippen LogP contribution in [0.5, 0.6) is 0 Å². The zero-order chi connectivity index (χ0) is 32.8. The number of nitrogens with zero attached hydrogens (tertiary/aromatic N) is 4. The van der Waals surface area contributed by atoms with Crippen LogP contribution >= 0.6 is 0 Å². The fraction of sp³-hybridized carbons (Fsp3) is 0. The van der Waals surface area contributed by atoms with Crippen LogP contribution in [-0.2, 0) is 0 Å². The smallest absolute Gasteiger partial charge is 0.235 e. The van der Waals surface area contributed by atoms with E-state index in [1.165, 1.54) is 43.1 Å². The molecule has 4 nitrogen and oxygen atoms in total. The van der Waals surface area contributed by atoms with E-state index in [1.807, 2.05) is 0 Å². The second kappa shape index (κ2) is 10.4. The lowest BCUT2D eigenvalue weighted by Crippen LogP contribution is -2.05. The van der Waals surface area contributed by atoms with Crippen LogP contribution in [0.3, 0.4) is 0 Å². The van der Waals surface area contributed by atoms with E-state index in [1.54, 1.807) is 0 Å². The molecule has 0 bridgehead atoms. The van der Waals surface area contributed by atoms with Crippen LogP contribution in [0.15, 0.2) is 170 Å². The molecule has 0 aliphatic heterocycles. The molecule has 232 valence electrons. The van der Waals surface area contributed by atoms with Gasteiger partial charge in [0, 0.05) is 27.4 Å². The first-order valence-corrected chi connectivity index (χ1v) is 17.0. The Morgan fingerprint density at radius 3 is 1.56 bits per heavy atom. The molecule has 0 radical (unpaired) electrons. The van der Waals surface area contributed by atoms with Gasteiger partial charge in [0.1, 0.15) is 11.2 Å². The molecular formula is C46H28N4. The van der Waals surface area contributed by atoms with Gasteiger partial charge in [0.25, 0.3) is 0 Å². The maximum absolute atomic E-state index is 5.58. The molecule has 4 heteroatoms. The molecule has 0 unspecified atom stereocenters. The summed E-state index contributed by atoms with van der Waals surface area (Å²) in [5.74, 6) is 0.655. The molecule has 0 fully saturated rings. The van der Waals surface area contributed by atoms with Crippen LogP contribution in [0.25, 0.3) is 99.0 Å². The van der Waals surface area contributed by atoms with Gasteiger partial charge >= 0.3 is 0 Å². The predicted octanol–water partition coefficient (Wildman–Crippen LogP) is 11.8. The molecule has 50 heavy (non-hydrogen) atoms. The van der Waals surface area contributed by atoms with Crippen molar-refractivity contribution in [3.05, 3.63) is 170 Å². The minimum atomic E-state index is 0.655. The van der Waals surface area contributed by atoms with Gasteiger partial charge in [-0.3, -0.25) is 4.57 Å². The molecule has 0 atom stereocenters. The summed E-state index contributed by atoms with van der Waals surface area (Å²) in [6, 6.07) is 60.6. The summed E-state index contributed by atoms with van der Waals surface area (Å²) in [6.07, 6.45) is 0. The maximum atomic E-state index is 5.58. The second-order valence-electron chi connectivity index (χ2n) is 13.0. The normalized spacial score (nSPS) is 12.0. The van der Waals surface area contributed by atoms with E-state index in [9.17, 15) is 0 Å². The molecular weight excluding hydrogens is 609 g/mol. The summed E-state index contributed by atoms with van der Waals surface area (Å²) in [7, 11) is 0. The van der Waals surface area contributed by atoms with Gasteiger partial charge in [0.05, 0.1) is 22.1 Å². The second-order valence-corrected chi connectivity index (χ2v) is 13.0. The third kappa shape index (κ3) is 3.81. The summed E-state index contributed by atoms with van der Waals surface area (Å²) in [5, 5.41) is 10.8. The molecule has 0 N–H and O–H groups in total. The Morgan fingerprint density at radius 2 is 0.920 bits per heavy atom. The summed E-state index contributed by atoms with van der Waals surface area (Å²) >= 11 is 0. The molecule has 3 aromatic heterocycles. The standard InChI is InChI=1S/C46H28N4/c1-3-15-31(16-4-1)43-45-44(37-27-32-17-7-8-18-33(32)28-40(37)49(45)34-19-5-2-6-20-34)48-46(47-43)50-38-25-23-29-13-9-11-21-35(29)41(38)42-36-22-12-10-14-30(36)24-26-39(42)50/h1-28H. The first-order chi connectivity index (χ1) is 24.8. The van der Waals surface area contributed by atoms with Crippen molar-refractivity contribution in [1.29, 1.82) is 0 Å². The van der Waals surface area contributed by atoms with Gasteiger partial charge in [-0.25, -0.2) is 9.97 Å². The lowest BCUT2D eigenvalue weighted by atomic mass is 10.00. The Kier molecular flexibility index (Phi) is 5.63. The summed E-state index contributed by atoms with van der Waals surface area (Å²) in [4.78, 5) is 11.1. The van der Waals surface area contributed by atoms with E-state index in [0.29, 0.717) is 5.95 Å². The predicted molar refractivity (Wildman–Crippen MR) is 209 cm³/mol. The molecule has 0 aliphatic rings. The van der Waals surface area contributed by atoms with Gasteiger partial charge in [0.2, 0.25) is 5.95 Å². The maximum Gasteiger partial charge on any atom is 0.235 e. The lowest BCUT2D eigenvalue weighted by Gasteiger charge is -2.13. The largest absolute Gasteiger partial charge is 0.306 e. The van der Waals surface area contributed by atoms with Gasteiger partial charge in [-0.1, -0.05) is 133 Å². The van der Waals surface area contributed by atoms with Crippen molar-refractivity contribution < 1.29 is 0 Å². The average Bonchev–Trinajstić information content (AvgIpc) is 3.70. The van der Waals surface area contributed by atoms with E-state index in [4.69, 9.17) is 9.97 Å². The van der Waals surface area contributed by atoms with Crippen LogP contribution in [0.2, 0.25) is 0 Å². The highest BCUT2D eigenvalue weighted by molar-refractivity contribution is 6.28. The number of hydrogen-bond acceptors (Lipinski definition) is 2. The quantitative estimate of drug-likeness (QED) is 0.193. The molecule has 11 aromatic rings. The average molecular weight is 637 g/mol. The lowest BCUT2D eigenvalue weighted by molar-refractivity contribution is 1.01. The summed E-state index contributed by atoms with van der Waals surface area (Å²) < 4.78 is 4.62. The molecule has 0 saturated heterocycles. The van der Waals surface area contributed by atoms with Gasteiger partial charge in [-0.2, -0.15) is 0 Å². The first-order valence-electron chi connectivity index (χ1n) is 17.0. The van der Waals surface area contributed by atoms with Crippen molar-refractivity contribution >= 4 is 76.1 Å². The monoisotopic (exact) mass is 636 g/mol. The molecule has 8 aromatic carbocycles. The molecule has 0 amide bonds. The van der Waals surface area contributed by atoms with Crippen LogP contribution < -0.4 is 0 Å². The van der Waals surface area contributed by atoms with Crippen molar-refractivity contribution in [2.24, 2.45) is 0 Å². The molecule has 11 rings (SSSR count). The van der Waals surface area contributed by atoms with Gasteiger partial charge < -0.3 is 4.57 Å². The van der Waals surface area contributed by atoms with Crippen LogP contribution in [0.1, 0.15) is 0 Å². The zero-order valence-electron chi connectivity index (χ0n) is 27.0. The Labute approximate surface area is 287 Å². The van der Waals surface area contributed by atoms with Crippen molar-refractivity contribution in [1.82, 2.24) is 19.1 Å². The topological polar surface area (TPSA) is 35.6 Å². The van der Waals surface area contributed by atoms with Crippen molar-refractivity contribution in [3.63, 3.8) is 0 Å². The van der Waals surface area contributed by atoms with E-state index in [0.717, 1.165) is 49.9 Å². The Balaban J connectivity index is 1.36. The SMILES string of the molecule is c1ccc(-c2nc(-n3c4ccc5ccccc5c4c4c5ccccc5ccc43)nc3c4cc5ccccc5cc4n(-c4ccccc4)c23)cc1. The van der Waals surface area contributed by atoms with E-state index in [-0.39, 0.29) is 0 Å². The van der Waals surface area contributed by atoms with E-state index >= 15 is 0 Å². The zero-order valence-corrected chi connectivity index (χ0v) is 27.0. The van der Waals surface area contributed by atoms with Gasteiger partial charge in [-0.15, -0.1) is 0 Å². The molecule has 0 aliphatic carbocycles. The molecule has 0 saturated carbocycles. The van der Waals surface area contributed by atoms with Crippen LogP contribution in [0, 0.1) is 0 Å². The highest BCUT2D eigenvalue weighted by Crippen LogP contribution is 2.42. The van der Waals surface area contributed by atoms with Gasteiger partial charge in [-0.05, 0) is 68.7 Å². The minimum Gasteiger partial charge on any atom is -0.306 e. The fourth-order valence-electron chi connectivity index (χ4n) is 8.07. The number of para-hydroxylation sites is 1. The van der Waals surface area contributed by atoms with Crippen molar-refractivity contribution in [2.45, 2.75) is 0 Å². The Morgan fingerprint density at radius 1 is 0.380 bits per heavy atom. The number of aromatic nitrogens is 4. The highest BCUT2D eigenvalue weighted by Gasteiger charge is 2.24. The fourth-order valence-corrected chi connectivity index (χ4v) is 8.07. The van der Waals surface area contributed by atoms with Gasteiger partial charge in [0.15, 0.2) is 0 Å². The first kappa shape index (κ1) is 27.2. The minimum absolute atomic E-state index is 0.655.